The molecule has 0 unspecified atom stereocenters. The number of benzene rings is 1. The fraction of sp³-hybridized carbons (Fsp3) is 0.591. The number of hydrogen-bond donors (Lipinski definition) is 0. The van der Waals surface area contributed by atoms with Gasteiger partial charge in [0.25, 0.3) is 5.88 Å². The molecule has 1 aromatic heterocycles. The average molecular weight is 421 g/mol. The minimum Gasteiger partial charge on any atom is -0.475 e. The first-order chi connectivity index (χ1) is 14.3. The van der Waals surface area contributed by atoms with Gasteiger partial charge in [-0.05, 0) is 19.8 Å². The highest BCUT2D eigenvalue weighted by molar-refractivity contribution is 5.79. The molecule has 0 N–H and O–H groups in total. The largest absolute Gasteiger partial charge is 0.475 e. The van der Waals surface area contributed by atoms with Crippen LogP contribution in [0.2, 0.25) is 0 Å². The Kier molecular flexibility index (Phi) is 7.05. The van der Waals surface area contributed by atoms with Gasteiger partial charge in [0.15, 0.2) is 17.5 Å². The number of hydrogen-bond acceptors (Lipinski definition) is 5. The second kappa shape index (κ2) is 9.53. The summed E-state index contributed by atoms with van der Waals surface area (Å²) < 4.78 is 33.3. The van der Waals surface area contributed by atoms with E-state index in [1.165, 1.54) is 0 Å². The summed E-state index contributed by atoms with van der Waals surface area (Å²) in [6.07, 6.45) is 2.62. The molecule has 1 aliphatic heterocycles. The fourth-order valence-corrected chi connectivity index (χ4v) is 3.76. The standard InChI is InChI=1S/C22H30F2N4O2/c1-5-7-10-30-21-20(25-18-11-16(23)17(24)12-19(18)26-21)27-9-8-15(13-27)28(6-2)22(29)14(3)4/h11-12,14-15H,5-10,13H2,1-4H3/t15-/m0/s1. The van der Waals surface area contributed by atoms with Gasteiger partial charge in [-0.1, -0.05) is 27.2 Å². The quantitative estimate of drug-likeness (QED) is 0.600. The van der Waals surface area contributed by atoms with Crippen LogP contribution >= 0.6 is 0 Å². The first-order valence-electron chi connectivity index (χ1n) is 10.7. The van der Waals surface area contributed by atoms with E-state index in [4.69, 9.17) is 4.74 Å². The summed E-state index contributed by atoms with van der Waals surface area (Å²) in [5, 5.41) is 0. The molecule has 1 amide bonds. The van der Waals surface area contributed by atoms with Crippen molar-refractivity contribution >= 4 is 22.8 Å². The molecule has 0 bridgehead atoms. The molecule has 1 atom stereocenters. The summed E-state index contributed by atoms with van der Waals surface area (Å²) in [7, 11) is 0. The Morgan fingerprint density at radius 3 is 2.50 bits per heavy atom. The zero-order valence-electron chi connectivity index (χ0n) is 18.1. The number of rotatable bonds is 8. The van der Waals surface area contributed by atoms with Gasteiger partial charge in [-0.15, -0.1) is 0 Å². The predicted molar refractivity (Wildman–Crippen MR) is 113 cm³/mol. The van der Waals surface area contributed by atoms with Crippen molar-refractivity contribution in [3.8, 4) is 5.88 Å². The molecule has 0 aliphatic carbocycles. The Labute approximate surface area is 176 Å². The second-order valence-corrected chi connectivity index (χ2v) is 7.98. The van der Waals surface area contributed by atoms with Gasteiger partial charge in [0.2, 0.25) is 5.91 Å². The summed E-state index contributed by atoms with van der Waals surface area (Å²) in [4.78, 5) is 25.5. The van der Waals surface area contributed by atoms with Gasteiger partial charge in [-0.3, -0.25) is 4.79 Å². The molecule has 0 saturated carbocycles. The highest BCUT2D eigenvalue weighted by Crippen LogP contribution is 2.32. The summed E-state index contributed by atoms with van der Waals surface area (Å²) in [6, 6.07) is 2.17. The lowest BCUT2D eigenvalue weighted by Crippen LogP contribution is -2.43. The van der Waals surface area contributed by atoms with Crippen LogP contribution in [0.5, 0.6) is 5.88 Å². The van der Waals surface area contributed by atoms with Gasteiger partial charge in [0.05, 0.1) is 23.7 Å². The number of halogens is 2. The van der Waals surface area contributed by atoms with Crippen molar-refractivity contribution in [3.63, 3.8) is 0 Å². The third-order valence-corrected chi connectivity index (χ3v) is 5.42. The second-order valence-electron chi connectivity index (χ2n) is 7.98. The van der Waals surface area contributed by atoms with E-state index in [2.05, 4.69) is 16.9 Å². The lowest BCUT2D eigenvalue weighted by molar-refractivity contribution is -0.136. The van der Waals surface area contributed by atoms with Crippen molar-refractivity contribution in [2.24, 2.45) is 5.92 Å². The van der Waals surface area contributed by atoms with E-state index in [1.807, 2.05) is 30.6 Å². The Hall–Kier alpha value is -2.51. The van der Waals surface area contributed by atoms with Crippen molar-refractivity contribution in [1.29, 1.82) is 0 Å². The fourth-order valence-electron chi connectivity index (χ4n) is 3.76. The molecule has 8 heteroatoms. The number of likely N-dealkylation sites (N-methyl/N-ethyl adjacent to an activating group) is 1. The van der Waals surface area contributed by atoms with E-state index in [0.29, 0.717) is 37.9 Å². The van der Waals surface area contributed by atoms with Crippen molar-refractivity contribution in [1.82, 2.24) is 14.9 Å². The van der Waals surface area contributed by atoms with Crippen LogP contribution in [0, 0.1) is 17.6 Å². The van der Waals surface area contributed by atoms with Gasteiger partial charge in [0, 0.05) is 37.7 Å². The smallest absolute Gasteiger partial charge is 0.258 e. The molecule has 3 rings (SSSR count). The number of fused-ring (bicyclic) bond motifs is 1. The predicted octanol–water partition coefficient (Wildman–Crippen LogP) is 4.17. The minimum absolute atomic E-state index is 0.0646. The zero-order chi connectivity index (χ0) is 21.8. The molecule has 2 aromatic rings. The molecular formula is C22H30F2N4O2. The van der Waals surface area contributed by atoms with Gasteiger partial charge in [-0.25, -0.2) is 18.7 Å². The van der Waals surface area contributed by atoms with Gasteiger partial charge < -0.3 is 14.5 Å². The molecule has 1 fully saturated rings. The number of carbonyl (C=O) groups is 1. The summed E-state index contributed by atoms with van der Waals surface area (Å²) in [5.41, 5.74) is 0.533. The van der Waals surface area contributed by atoms with Crippen LogP contribution in [0.4, 0.5) is 14.6 Å². The zero-order valence-corrected chi connectivity index (χ0v) is 18.1. The van der Waals surface area contributed by atoms with E-state index in [0.717, 1.165) is 31.4 Å². The number of carbonyl (C=O) groups excluding carboxylic acids is 1. The summed E-state index contributed by atoms with van der Waals surface area (Å²) in [5.74, 6) is -1.02. The molecule has 164 valence electrons. The van der Waals surface area contributed by atoms with E-state index in [1.54, 1.807) is 0 Å². The third kappa shape index (κ3) is 4.63. The first-order valence-corrected chi connectivity index (χ1v) is 10.7. The Morgan fingerprint density at radius 1 is 1.23 bits per heavy atom. The highest BCUT2D eigenvalue weighted by atomic mass is 19.2. The minimum atomic E-state index is -0.962. The number of aromatic nitrogens is 2. The average Bonchev–Trinajstić information content (AvgIpc) is 3.19. The molecule has 1 saturated heterocycles. The van der Waals surface area contributed by atoms with Crippen LogP contribution in [0.1, 0.15) is 47.0 Å². The Balaban J connectivity index is 1.92. The molecule has 1 aliphatic rings. The van der Waals surface area contributed by atoms with E-state index in [9.17, 15) is 13.6 Å². The highest BCUT2D eigenvalue weighted by Gasteiger charge is 2.33. The lowest BCUT2D eigenvalue weighted by Gasteiger charge is -2.29. The number of anilines is 1. The van der Waals surface area contributed by atoms with Crippen LogP contribution in [0.25, 0.3) is 11.0 Å². The number of unbranched alkanes of at least 4 members (excludes halogenated alkanes) is 1. The number of ether oxygens (including phenoxy) is 1. The van der Waals surface area contributed by atoms with Crippen LogP contribution < -0.4 is 9.64 Å². The summed E-state index contributed by atoms with van der Waals surface area (Å²) in [6.45, 7) is 10.2. The number of nitrogens with zero attached hydrogens (tertiary/aromatic N) is 4. The summed E-state index contributed by atoms with van der Waals surface area (Å²) >= 11 is 0. The Bertz CT molecular complexity index is 906. The topological polar surface area (TPSA) is 58.6 Å². The lowest BCUT2D eigenvalue weighted by atomic mass is 10.1. The molecule has 6 nitrogen and oxygen atoms in total. The van der Waals surface area contributed by atoms with Gasteiger partial charge >= 0.3 is 0 Å². The maximum Gasteiger partial charge on any atom is 0.258 e. The van der Waals surface area contributed by atoms with Crippen LogP contribution in [0.15, 0.2) is 12.1 Å². The van der Waals surface area contributed by atoms with Crippen LogP contribution in [0.3, 0.4) is 0 Å². The SMILES string of the molecule is CCCCOc1nc2cc(F)c(F)cc2nc1N1CC[C@H](N(CC)C(=O)C(C)C)C1. The molecule has 2 heterocycles. The van der Waals surface area contributed by atoms with Crippen LogP contribution in [-0.4, -0.2) is 53.1 Å². The molecular weight excluding hydrogens is 390 g/mol. The molecule has 1 aromatic carbocycles. The monoisotopic (exact) mass is 420 g/mol. The van der Waals surface area contributed by atoms with E-state index < -0.39 is 11.6 Å². The first kappa shape index (κ1) is 22.2. The normalized spacial score (nSPS) is 16.5. The van der Waals surface area contributed by atoms with Crippen LogP contribution in [-0.2, 0) is 4.79 Å². The number of amides is 1. The molecule has 30 heavy (non-hydrogen) atoms. The van der Waals surface area contributed by atoms with Gasteiger partial charge in [0.1, 0.15) is 0 Å². The third-order valence-electron chi connectivity index (χ3n) is 5.42. The van der Waals surface area contributed by atoms with Crippen molar-refractivity contribution in [2.45, 2.75) is 53.0 Å². The van der Waals surface area contributed by atoms with Gasteiger partial charge in [-0.2, -0.15) is 0 Å². The molecule has 0 spiro atoms. The maximum atomic E-state index is 13.8. The Morgan fingerprint density at radius 2 is 1.90 bits per heavy atom. The maximum absolute atomic E-state index is 13.8. The van der Waals surface area contributed by atoms with Crippen molar-refractivity contribution < 1.29 is 18.3 Å². The van der Waals surface area contributed by atoms with E-state index in [-0.39, 0.29) is 28.9 Å². The van der Waals surface area contributed by atoms with Crippen molar-refractivity contribution in [3.05, 3.63) is 23.8 Å². The van der Waals surface area contributed by atoms with E-state index >= 15 is 0 Å². The van der Waals surface area contributed by atoms with Crippen molar-refractivity contribution in [2.75, 3.05) is 31.1 Å². The molecule has 0 radical (unpaired) electrons.